The van der Waals surface area contributed by atoms with Gasteiger partial charge in [0.15, 0.2) is 0 Å². The van der Waals surface area contributed by atoms with Crippen molar-refractivity contribution in [3.63, 3.8) is 0 Å². The van der Waals surface area contributed by atoms with Gasteiger partial charge in [-0.05, 0) is 25.7 Å². The van der Waals surface area contributed by atoms with E-state index >= 15 is 0 Å². The Morgan fingerprint density at radius 1 is 1.53 bits per heavy atom. The standard InChI is InChI=1S/C13H22N2O2/c1-10(2)9-15(8-4-7-14)13(16)12-6-5-11(3)17-12/h10-12H,4-6,8-9H2,1-3H3. The van der Waals surface area contributed by atoms with Crippen LogP contribution in [0.4, 0.5) is 0 Å². The van der Waals surface area contributed by atoms with Crippen molar-refractivity contribution in [1.82, 2.24) is 4.90 Å². The van der Waals surface area contributed by atoms with E-state index in [2.05, 4.69) is 19.9 Å². The Morgan fingerprint density at radius 3 is 2.71 bits per heavy atom. The molecule has 1 heterocycles. The number of hydrogen-bond acceptors (Lipinski definition) is 3. The third-order valence-electron chi connectivity index (χ3n) is 2.90. The molecule has 0 aliphatic carbocycles. The Labute approximate surface area is 104 Å². The van der Waals surface area contributed by atoms with Gasteiger partial charge >= 0.3 is 0 Å². The first-order valence-corrected chi connectivity index (χ1v) is 6.35. The van der Waals surface area contributed by atoms with Crippen molar-refractivity contribution in [3.8, 4) is 6.07 Å². The van der Waals surface area contributed by atoms with Crippen molar-refractivity contribution in [2.45, 2.75) is 52.2 Å². The van der Waals surface area contributed by atoms with E-state index in [1.165, 1.54) is 0 Å². The average Bonchev–Trinajstić information content (AvgIpc) is 2.69. The van der Waals surface area contributed by atoms with Gasteiger partial charge in [0.05, 0.1) is 18.6 Å². The second-order valence-corrected chi connectivity index (χ2v) is 5.10. The summed E-state index contributed by atoms with van der Waals surface area (Å²) in [4.78, 5) is 14.0. The predicted molar refractivity (Wildman–Crippen MR) is 65.2 cm³/mol. The lowest BCUT2D eigenvalue weighted by Gasteiger charge is -2.26. The Bertz CT molecular complexity index is 296. The molecule has 96 valence electrons. The second kappa shape index (κ2) is 6.61. The lowest BCUT2D eigenvalue weighted by atomic mass is 10.1. The summed E-state index contributed by atoms with van der Waals surface area (Å²) in [5, 5.41) is 8.62. The fourth-order valence-corrected chi connectivity index (χ4v) is 2.11. The second-order valence-electron chi connectivity index (χ2n) is 5.10. The van der Waals surface area contributed by atoms with Gasteiger partial charge in [0, 0.05) is 13.1 Å². The van der Waals surface area contributed by atoms with Crippen LogP contribution >= 0.6 is 0 Å². The molecule has 0 N–H and O–H groups in total. The predicted octanol–water partition coefficient (Wildman–Crippen LogP) is 1.95. The highest BCUT2D eigenvalue weighted by molar-refractivity contribution is 5.81. The van der Waals surface area contributed by atoms with Gasteiger partial charge in [-0.15, -0.1) is 0 Å². The van der Waals surface area contributed by atoms with Crippen LogP contribution in [-0.2, 0) is 9.53 Å². The molecule has 1 fully saturated rings. The maximum Gasteiger partial charge on any atom is 0.251 e. The van der Waals surface area contributed by atoms with Crippen LogP contribution < -0.4 is 0 Å². The molecule has 1 aliphatic heterocycles. The molecule has 4 heteroatoms. The number of nitrogens with zero attached hydrogens (tertiary/aromatic N) is 2. The zero-order valence-corrected chi connectivity index (χ0v) is 11.0. The van der Waals surface area contributed by atoms with Crippen LogP contribution in [0.1, 0.15) is 40.0 Å². The number of carbonyl (C=O) groups is 1. The van der Waals surface area contributed by atoms with Crippen LogP contribution in [-0.4, -0.2) is 36.1 Å². The quantitative estimate of drug-likeness (QED) is 0.735. The first-order chi connectivity index (χ1) is 8.04. The van der Waals surface area contributed by atoms with Crippen LogP contribution in [0.3, 0.4) is 0 Å². The van der Waals surface area contributed by atoms with Gasteiger partial charge in [-0.25, -0.2) is 0 Å². The van der Waals surface area contributed by atoms with Crippen LogP contribution in [0.2, 0.25) is 0 Å². The van der Waals surface area contributed by atoms with Gasteiger partial charge in [0.1, 0.15) is 6.10 Å². The summed E-state index contributed by atoms with van der Waals surface area (Å²) in [5.74, 6) is 0.467. The number of rotatable bonds is 5. The number of hydrogen-bond donors (Lipinski definition) is 0. The van der Waals surface area contributed by atoms with Crippen molar-refractivity contribution in [2.75, 3.05) is 13.1 Å². The summed E-state index contributed by atoms with van der Waals surface area (Å²) in [6, 6.07) is 2.09. The van der Waals surface area contributed by atoms with Crippen LogP contribution in [0.25, 0.3) is 0 Å². The van der Waals surface area contributed by atoms with E-state index < -0.39 is 0 Å². The molecular formula is C13H22N2O2. The molecule has 1 aliphatic rings. The minimum absolute atomic E-state index is 0.0540. The number of ether oxygens (including phenoxy) is 1. The molecule has 0 radical (unpaired) electrons. The third-order valence-corrected chi connectivity index (χ3v) is 2.90. The van der Waals surface area contributed by atoms with Gasteiger partial charge < -0.3 is 9.64 Å². The summed E-state index contributed by atoms with van der Waals surface area (Å²) < 4.78 is 5.59. The molecule has 0 bridgehead atoms. The maximum atomic E-state index is 12.2. The smallest absolute Gasteiger partial charge is 0.251 e. The molecular weight excluding hydrogens is 216 g/mol. The van der Waals surface area contributed by atoms with Gasteiger partial charge in [-0.1, -0.05) is 13.8 Å². The fourth-order valence-electron chi connectivity index (χ4n) is 2.11. The minimum atomic E-state index is -0.289. The highest BCUT2D eigenvalue weighted by Gasteiger charge is 2.31. The lowest BCUT2D eigenvalue weighted by molar-refractivity contribution is -0.143. The van der Waals surface area contributed by atoms with Crippen molar-refractivity contribution >= 4 is 5.91 Å². The van der Waals surface area contributed by atoms with E-state index in [1.807, 2.05) is 6.92 Å². The van der Waals surface area contributed by atoms with Crippen LogP contribution in [0.5, 0.6) is 0 Å². The summed E-state index contributed by atoms with van der Waals surface area (Å²) in [7, 11) is 0. The zero-order chi connectivity index (χ0) is 12.8. The molecule has 0 spiro atoms. The van der Waals surface area contributed by atoms with Gasteiger partial charge in [0.2, 0.25) is 0 Å². The van der Waals surface area contributed by atoms with E-state index in [-0.39, 0.29) is 18.1 Å². The highest BCUT2D eigenvalue weighted by Crippen LogP contribution is 2.21. The molecule has 17 heavy (non-hydrogen) atoms. The van der Waals surface area contributed by atoms with E-state index in [9.17, 15) is 4.79 Å². The average molecular weight is 238 g/mol. The topological polar surface area (TPSA) is 53.3 Å². The van der Waals surface area contributed by atoms with E-state index in [0.717, 1.165) is 12.8 Å². The number of amides is 1. The summed E-state index contributed by atoms with van der Waals surface area (Å²) in [6.45, 7) is 7.36. The molecule has 2 unspecified atom stereocenters. The van der Waals surface area contributed by atoms with E-state index in [4.69, 9.17) is 10.00 Å². The minimum Gasteiger partial charge on any atom is -0.365 e. The Kier molecular flexibility index (Phi) is 5.43. The number of carbonyl (C=O) groups excluding carboxylic acids is 1. The summed E-state index contributed by atoms with van der Waals surface area (Å²) in [6.07, 6.45) is 2.04. The van der Waals surface area contributed by atoms with Crippen molar-refractivity contribution in [2.24, 2.45) is 5.92 Å². The third kappa shape index (κ3) is 4.35. The van der Waals surface area contributed by atoms with Crippen LogP contribution in [0, 0.1) is 17.2 Å². The molecule has 0 aromatic carbocycles. The maximum absolute atomic E-state index is 12.2. The van der Waals surface area contributed by atoms with Gasteiger partial charge in [0.25, 0.3) is 5.91 Å². The SMILES string of the molecule is CC(C)CN(CCC#N)C(=O)C1CCC(C)O1. The first kappa shape index (κ1) is 14.0. The molecule has 1 amide bonds. The van der Waals surface area contributed by atoms with Gasteiger partial charge in [-0.2, -0.15) is 5.26 Å². The van der Waals surface area contributed by atoms with Gasteiger partial charge in [-0.3, -0.25) is 4.79 Å². The monoisotopic (exact) mass is 238 g/mol. The fraction of sp³-hybridized carbons (Fsp3) is 0.846. The van der Waals surface area contributed by atoms with E-state index in [1.54, 1.807) is 4.90 Å². The zero-order valence-electron chi connectivity index (χ0n) is 11.0. The molecule has 1 saturated heterocycles. The number of nitriles is 1. The Hall–Kier alpha value is -1.08. The van der Waals surface area contributed by atoms with E-state index in [0.29, 0.717) is 25.4 Å². The largest absolute Gasteiger partial charge is 0.365 e. The first-order valence-electron chi connectivity index (χ1n) is 6.35. The summed E-state index contributed by atoms with van der Waals surface area (Å²) >= 11 is 0. The van der Waals surface area contributed by atoms with Crippen molar-refractivity contribution in [3.05, 3.63) is 0 Å². The molecule has 4 nitrogen and oxygen atoms in total. The van der Waals surface area contributed by atoms with Crippen LogP contribution in [0.15, 0.2) is 0 Å². The molecule has 0 saturated carbocycles. The molecule has 0 aromatic heterocycles. The lowest BCUT2D eigenvalue weighted by Crippen LogP contribution is -2.41. The molecule has 2 atom stereocenters. The molecule has 0 aromatic rings. The molecule has 1 rings (SSSR count). The normalized spacial score (nSPS) is 23.7. The van der Waals surface area contributed by atoms with Crippen molar-refractivity contribution < 1.29 is 9.53 Å². The summed E-state index contributed by atoms with van der Waals surface area (Å²) in [5.41, 5.74) is 0. The highest BCUT2D eigenvalue weighted by atomic mass is 16.5. The Morgan fingerprint density at radius 2 is 2.24 bits per heavy atom. The van der Waals surface area contributed by atoms with Crippen molar-refractivity contribution in [1.29, 1.82) is 5.26 Å². The Balaban J connectivity index is 2.55.